The van der Waals surface area contributed by atoms with Gasteiger partial charge in [-0.2, -0.15) is 0 Å². The molecule has 0 radical (unpaired) electrons. The quantitative estimate of drug-likeness (QED) is 0.749. The molecule has 1 aliphatic heterocycles. The van der Waals surface area contributed by atoms with Crippen molar-refractivity contribution in [2.45, 2.75) is 13.0 Å². The Balaban J connectivity index is 2.27. The molecule has 0 aromatic carbocycles. The fraction of sp³-hybridized carbons (Fsp3) is 0.500. The predicted octanol–water partition coefficient (Wildman–Crippen LogP) is -0.266. The summed E-state index contributed by atoms with van der Waals surface area (Å²) < 4.78 is 23.0. The lowest BCUT2D eigenvalue weighted by Crippen LogP contribution is -2.47. The maximum Gasteiger partial charge on any atom is 0.226 e. The smallest absolute Gasteiger partial charge is 0.226 e. The van der Waals surface area contributed by atoms with E-state index in [1.54, 1.807) is 12.3 Å². The lowest BCUT2D eigenvalue weighted by Gasteiger charge is -2.33. The SMILES string of the molecule is CC1CS(=O)(=O)CCN1c1nccc(C(N)=S)n1. The molecule has 6 nitrogen and oxygen atoms in total. The van der Waals surface area contributed by atoms with E-state index in [4.69, 9.17) is 18.0 Å². The van der Waals surface area contributed by atoms with Crippen LogP contribution in [0.3, 0.4) is 0 Å². The van der Waals surface area contributed by atoms with Gasteiger partial charge in [0, 0.05) is 18.8 Å². The highest BCUT2D eigenvalue weighted by Crippen LogP contribution is 2.17. The van der Waals surface area contributed by atoms with Gasteiger partial charge in [-0.05, 0) is 13.0 Å². The third-order valence-corrected chi connectivity index (χ3v) is 4.83. The van der Waals surface area contributed by atoms with Crippen molar-refractivity contribution in [1.29, 1.82) is 0 Å². The molecule has 2 rings (SSSR count). The maximum atomic E-state index is 11.5. The average Bonchev–Trinajstić information content (AvgIpc) is 2.28. The molecule has 0 saturated carbocycles. The molecule has 2 heterocycles. The van der Waals surface area contributed by atoms with Gasteiger partial charge in [0.1, 0.15) is 10.7 Å². The van der Waals surface area contributed by atoms with Gasteiger partial charge in [-0.25, -0.2) is 18.4 Å². The fourth-order valence-electron chi connectivity index (χ4n) is 1.92. The van der Waals surface area contributed by atoms with Crippen molar-refractivity contribution in [3.8, 4) is 0 Å². The third kappa shape index (κ3) is 2.75. The van der Waals surface area contributed by atoms with Gasteiger partial charge >= 0.3 is 0 Å². The molecule has 1 atom stereocenters. The molecule has 1 fully saturated rings. The van der Waals surface area contributed by atoms with Crippen LogP contribution < -0.4 is 10.6 Å². The van der Waals surface area contributed by atoms with Crippen LogP contribution >= 0.6 is 12.2 Å². The zero-order valence-electron chi connectivity index (χ0n) is 9.91. The van der Waals surface area contributed by atoms with E-state index >= 15 is 0 Å². The van der Waals surface area contributed by atoms with E-state index in [0.717, 1.165) is 0 Å². The number of nitrogens with two attached hydrogens (primary N) is 1. The Labute approximate surface area is 111 Å². The van der Waals surface area contributed by atoms with Crippen LogP contribution in [-0.2, 0) is 9.84 Å². The summed E-state index contributed by atoms with van der Waals surface area (Å²) >= 11 is 4.86. The van der Waals surface area contributed by atoms with E-state index in [9.17, 15) is 8.42 Å². The molecule has 2 N–H and O–H groups in total. The number of anilines is 1. The summed E-state index contributed by atoms with van der Waals surface area (Å²) in [4.78, 5) is 10.5. The van der Waals surface area contributed by atoms with E-state index in [-0.39, 0.29) is 22.5 Å². The number of hydrogen-bond acceptors (Lipinski definition) is 6. The van der Waals surface area contributed by atoms with E-state index < -0.39 is 9.84 Å². The van der Waals surface area contributed by atoms with Crippen molar-refractivity contribution in [1.82, 2.24) is 9.97 Å². The number of aromatic nitrogens is 2. The van der Waals surface area contributed by atoms with Gasteiger partial charge in [0.2, 0.25) is 5.95 Å². The summed E-state index contributed by atoms with van der Waals surface area (Å²) in [5, 5.41) is 0. The second kappa shape index (κ2) is 4.77. The summed E-state index contributed by atoms with van der Waals surface area (Å²) in [5.41, 5.74) is 6.01. The Kier molecular flexibility index (Phi) is 3.49. The Morgan fingerprint density at radius 2 is 2.33 bits per heavy atom. The van der Waals surface area contributed by atoms with Crippen LogP contribution in [-0.4, -0.2) is 47.5 Å². The lowest BCUT2D eigenvalue weighted by atomic mass is 10.3. The van der Waals surface area contributed by atoms with Crippen molar-refractivity contribution < 1.29 is 8.42 Å². The molecule has 8 heteroatoms. The first kappa shape index (κ1) is 13.2. The summed E-state index contributed by atoms with van der Waals surface area (Å²) in [6.07, 6.45) is 1.58. The minimum Gasteiger partial charge on any atom is -0.388 e. The summed E-state index contributed by atoms with van der Waals surface area (Å²) in [5.74, 6) is 0.716. The van der Waals surface area contributed by atoms with Gasteiger partial charge in [-0.1, -0.05) is 12.2 Å². The second-order valence-corrected chi connectivity index (χ2v) is 6.93. The molecule has 1 aromatic rings. The molecule has 0 aliphatic carbocycles. The van der Waals surface area contributed by atoms with Crippen LogP contribution in [0.2, 0.25) is 0 Å². The number of sulfone groups is 1. The fourth-order valence-corrected chi connectivity index (χ4v) is 3.59. The van der Waals surface area contributed by atoms with Gasteiger partial charge in [0.05, 0.1) is 11.5 Å². The first-order valence-electron chi connectivity index (χ1n) is 5.49. The predicted molar refractivity (Wildman–Crippen MR) is 73.4 cm³/mol. The van der Waals surface area contributed by atoms with Crippen molar-refractivity contribution in [3.05, 3.63) is 18.0 Å². The minimum atomic E-state index is -2.95. The average molecular weight is 286 g/mol. The highest BCUT2D eigenvalue weighted by atomic mass is 32.2. The van der Waals surface area contributed by atoms with Crippen LogP contribution in [0.5, 0.6) is 0 Å². The van der Waals surface area contributed by atoms with Gasteiger partial charge in [-0.3, -0.25) is 0 Å². The number of thiocarbonyl (C=S) groups is 1. The van der Waals surface area contributed by atoms with Crippen molar-refractivity contribution in [3.63, 3.8) is 0 Å². The van der Waals surface area contributed by atoms with Gasteiger partial charge in [0.25, 0.3) is 0 Å². The Bertz CT molecular complexity index is 573. The molecule has 1 aliphatic rings. The first-order valence-corrected chi connectivity index (χ1v) is 7.72. The van der Waals surface area contributed by atoms with Crippen LogP contribution in [0.1, 0.15) is 12.6 Å². The Morgan fingerprint density at radius 3 is 2.94 bits per heavy atom. The molecule has 1 aromatic heterocycles. The molecule has 0 bridgehead atoms. The Morgan fingerprint density at radius 1 is 1.61 bits per heavy atom. The minimum absolute atomic E-state index is 0.119. The molecule has 0 amide bonds. The zero-order chi connectivity index (χ0) is 13.3. The van der Waals surface area contributed by atoms with Gasteiger partial charge in [-0.15, -0.1) is 0 Å². The monoisotopic (exact) mass is 286 g/mol. The lowest BCUT2D eigenvalue weighted by molar-refractivity contribution is 0.565. The van der Waals surface area contributed by atoms with Crippen LogP contribution in [0.4, 0.5) is 5.95 Å². The van der Waals surface area contributed by atoms with Crippen molar-refractivity contribution in [2.75, 3.05) is 23.0 Å². The van der Waals surface area contributed by atoms with Gasteiger partial charge < -0.3 is 10.6 Å². The van der Waals surface area contributed by atoms with E-state index in [2.05, 4.69) is 9.97 Å². The summed E-state index contributed by atoms with van der Waals surface area (Å²) in [6, 6.07) is 1.49. The van der Waals surface area contributed by atoms with Crippen molar-refractivity contribution in [2.24, 2.45) is 5.73 Å². The topological polar surface area (TPSA) is 89.2 Å². The second-order valence-electron chi connectivity index (χ2n) is 4.26. The summed E-state index contributed by atoms with van der Waals surface area (Å²) in [7, 11) is -2.95. The number of nitrogens with zero attached hydrogens (tertiary/aromatic N) is 3. The van der Waals surface area contributed by atoms with Crippen molar-refractivity contribution >= 4 is 33.0 Å². The van der Waals surface area contributed by atoms with Crippen LogP contribution in [0, 0.1) is 0 Å². The first-order chi connectivity index (χ1) is 8.39. The summed E-state index contributed by atoms with van der Waals surface area (Å²) in [6.45, 7) is 2.23. The highest BCUT2D eigenvalue weighted by Gasteiger charge is 2.29. The molecule has 0 spiro atoms. The van der Waals surface area contributed by atoms with E-state index in [0.29, 0.717) is 18.2 Å². The normalized spacial score (nSPS) is 22.7. The van der Waals surface area contributed by atoms with Gasteiger partial charge in [0.15, 0.2) is 9.84 Å². The number of hydrogen-bond donors (Lipinski definition) is 1. The molecular weight excluding hydrogens is 272 g/mol. The van der Waals surface area contributed by atoms with Crippen LogP contribution in [0.15, 0.2) is 12.3 Å². The molecular formula is C10H14N4O2S2. The highest BCUT2D eigenvalue weighted by molar-refractivity contribution is 7.91. The Hall–Kier alpha value is -1.28. The standard InChI is InChI=1S/C10H14N4O2S2/c1-7-6-18(15,16)5-4-14(7)10-12-3-2-8(13-10)9(11)17/h2-3,7H,4-6H2,1H3,(H2,11,17). The zero-order valence-corrected chi connectivity index (χ0v) is 11.5. The van der Waals surface area contributed by atoms with Crippen LogP contribution in [0.25, 0.3) is 0 Å². The van der Waals surface area contributed by atoms with E-state index in [1.165, 1.54) is 0 Å². The van der Waals surface area contributed by atoms with E-state index in [1.807, 2.05) is 11.8 Å². The third-order valence-electron chi connectivity index (χ3n) is 2.82. The molecule has 98 valence electrons. The largest absolute Gasteiger partial charge is 0.388 e. The molecule has 18 heavy (non-hydrogen) atoms. The maximum absolute atomic E-state index is 11.5. The molecule has 1 saturated heterocycles. The number of rotatable bonds is 2. The molecule has 1 unspecified atom stereocenters.